The number of nitrogens with zero attached hydrogens (tertiary/aromatic N) is 1. The monoisotopic (exact) mass is 219 g/mol. The zero-order chi connectivity index (χ0) is 10.3. The molecule has 1 aromatic heterocycles. The molecule has 15 heavy (non-hydrogen) atoms. The fourth-order valence-corrected chi connectivity index (χ4v) is 2.87. The van der Waals surface area contributed by atoms with Gasteiger partial charge in [-0.2, -0.15) is 0 Å². The number of allylic oxidation sites excluding steroid dienone is 4. The van der Waals surface area contributed by atoms with Crippen molar-refractivity contribution in [3.05, 3.63) is 40.7 Å². The molecule has 0 unspecified atom stereocenters. The standard InChI is InChI=1S/C13H14ClN/c14-13-9-11(10-5-2-1-3-6-10)12-7-4-8-15(12)13/h1-2,5,9H,3-4,6-8H2. The first-order chi connectivity index (χ1) is 7.36. The second kappa shape index (κ2) is 3.57. The Balaban J connectivity index is 2.08. The highest BCUT2D eigenvalue weighted by atomic mass is 35.5. The Morgan fingerprint density at radius 2 is 2.20 bits per heavy atom. The van der Waals surface area contributed by atoms with Gasteiger partial charge in [-0.1, -0.05) is 29.8 Å². The van der Waals surface area contributed by atoms with Crippen LogP contribution in [0.25, 0.3) is 5.57 Å². The molecule has 1 nitrogen and oxygen atoms in total. The van der Waals surface area contributed by atoms with Crippen LogP contribution in [0.1, 0.15) is 30.5 Å². The van der Waals surface area contributed by atoms with E-state index in [9.17, 15) is 0 Å². The molecule has 1 aromatic rings. The lowest BCUT2D eigenvalue weighted by atomic mass is 9.97. The summed E-state index contributed by atoms with van der Waals surface area (Å²) in [5.74, 6) is 0. The Kier molecular flexibility index (Phi) is 2.21. The summed E-state index contributed by atoms with van der Waals surface area (Å²) in [6.45, 7) is 1.09. The van der Waals surface area contributed by atoms with Crippen LogP contribution in [-0.2, 0) is 13.0 Å². The van der Waals surface area contributed by atoms with Crippen molar-refractivity contribution < 1.29 is 0 Å². The van der Waals surface area contributed by atoms with E-state index in [0.29, 0.717) is 0 Å². The molecular weight excluding hydrogens is 206 g/mol. The molecule has 0 radical (unpaired) electrons. The fourth-order valence-electron chi connectivity index (χ4n) is 2.58. The molecule has 0 saturated carbocycles. The second-order valence-corrected chi connectivity index (χ2v) is 4.63. The maximum absolute atomic E-state index is 6.23. The van der Waals surface area contributed by atoms with Gasteiger partial charge in [-0.25, -0.2) is 0 Å². The molecule has 0 bridgehead atoms. The molecule has 0 aromatic carbocycles. The van der Waals surface area contributed by atoms with Gasteiger partial charge in [-0.05, 0) is 37.3 Å². The first-order valence-corrected chi connectivity index (χ1v) is 5.98. The Morgan fingerprint density at radius 3 is 3.00 bits per heavy atom. The average Bonchev–Trinajstić information content (AvgIpc) is 2.84. The molecule has 0 amide bonds. The Bertz CT molecular complexity index is 451. The van der Waals surface area contributed by atoms with Gasteiger partial charge in [0.25, 0.3) is 0 Å². The summed E-state index contributed by atoms with van der Waals surface area (Å²) in [6, 6.07) is 2.14. The predicted molar refractivity (Wildman–Crippen MR) is 64.1 cm³/mol. The molecule has 2 heterocycles. The van der Waals surface area contributed by atoms with Crippen LogP contribution in [0.5, 0.6) is 0 Å². The van der Waals surface area contributed by atoms with Crippen molar-refractivity contribution >= 4 is 17.2 Å². The van der Waals surface area contributed by atoms with Crippen molar-refractivity contribution in [2.45, 2.75) is 32.2 Å². The van der Waals surface area contributed by atoms with Gasteiger partial charge in [0.05, 0.1) is 0 Å². The second-order valence-electron chi connectivity index (χ2n) is 4.24. The number of aromatic nitrogens is 1. The van der Waals surface area contributed by atoms with Crippen molar-refractivity contribution in [2.75, 3.05) is 0 Å². The van der Waals surface area contributed by atoms with E-state index in [0.717, 1.165) is 24.5 Å². The van der Waals surface area contributed by atoms with Gasteiger partial charge in [0.1, 0.15) is 5.15 Å². The molecule has 0 fully saturated rings. The average molecular weight is 220 g/mol. The van der Waals surface area contributed by atoms with E-state index in [4.69, 9.17) is 11.6 Å². The minimum atomic E-state index is 0.910. The van der Waals surface area contributed by atoms with E-state index in [1.165, 1.54) is 29.7 Å². The van der Waals surface area contributed by atoms with Crippen molar-refractivity contribution in [1.29, 1.82) is 0 Å². The van der Waals surface area contributed by atoms with Crippen LogP contribution in [0.3, 0.4) is 0 Å². The van der Waals surface area contributed by atoms with Gasteiger partial charge < -0.3 is 4.57 Å². The van der Waals surface area contributed by atoms with E-state index in [-0.39, 0.29) is 0 Å². The zero-order valence-electron chi connectivity index (χ0n) is 8.67. The van der Waals surface area contributed by atoms with Crippen molar-refractivity contribution in [3.8, 4) is 0 Å². The number of hydrogen-bond acceptors (Lipinski definition) is 0. The summed E-state index contributed by atoms with van der Waals surface area (Å²) >= 11 is 6.23. The zero-order valence-corrected chi connectivity index (χ0v) is 9.43. The van der Waals surface area contributed by atoms with Crippen LogP contribution in [0, 0.1) is 0 Å². The van der Waals surface area contributed by atoms with Gasteiger partial charge in [-0.3, -0.25) is 0 Å². The van der Waals surface area contributed by atoms with E-state index in [1.54, 1.807) is 0 Å². The topological polar surface area (TPSA) is 4.93 Å². The molecule has 1 aliphatic heterocycles. The molecule has 0 spiro atoms. The summed E-state index contributed by atoms with van der Waals surface area (Å²) in [5, 5.41) is 0.910. The van der Waals surface area contributed by atoms with Crippen LogP contribution in [0.2, 0.25) is 5.15 Å². The minimum Gasteiger partial charge on any atom is -0.335 e. The van der Waals surface area contributed by atoms with E-state index in [2.05, 4.69) is 28.9 Å². The van der Waals surface area contributed by atoms with Crippen LogP contribution in [0.4, 0.5) is 0 Å². The predicted octanol–water partition coefficient (Wildman–Crippen LogP) is 3.82. The Hall–Kier alpha value is -0.950. The number of hydrogen-bond donors (Lipinski definition) is 0. The van der Waals surface area contributed by atoms with Crippen LogP contribution in [0.15, 0.2) is 24.3 Å². The normalized spacial score (nSPS) is 19.1. The van der Waals surface area contributed by atoms with E-state index < -0.39 is 0 Å². The highest BCUT2D eigenvalue weighted by molar-refractivity contribution is 6.30. The fraction of sp³-hybridized carbons (Fsp3) is 0.385. The summed E-state index contributed by atoms with van der Waals surface area (Å²) in [7, 11) is 0. The third-order valence-electron chi connectivity index (χ3n) is 3.31. The van der Waals surface area contributed by atoms with Crippen molar-refractivity contribution in [2.24, 2.45) is 0 Å². The van der Waals surface area contributed by atoms with Crippen LogP contribution >= 0.6 is 11.6 Å². The first kappa shape index (κ1) is 9.29. The number of rotatable bonds is 1. The summed E-state index contributed by atoms with van der Waals surface area (Å²) in [6.07, 6.45) is 11.4. The molecule has 2 heteroatoms. The Labute approximate surface area is 95.0 Å². The first-order valence-electron chi connectivity index (χ1n) is 5.60. The van der Waals surface area contributed by atoms with Crippen molar-refractivity contribution in [3.63, 3.8) is 0 Å². The molecule has 78 valence electrons. The highest BCUT2D eigenvalue weighted by Gasteiger charge is 2.20. The van der Waals surface area contributed by atoms with Crippen LogP contribution in [-0.4, -0.2) is 4.57 Å². The van der Waals surface area contributed by atoms with E-state index >= 15 is 0 Å². The lowest BCUT2D eigenvalue weighted by Crippen LogP contribution is -1.93. The quantitative estimate of drug-likeness (QED) is 0.677. The number of fused-ring (bicyclic) bond motifs is 1. The minimum absolute atomic E-state index is 0.910. The largest absolute Gasteiger partial charge is 0.335 e. The maximum atomic E-state index is 6.23. The molecule has 0 saturated heterocycles. The van der Waals surface area contributed by atoms with Gasteiger partial charge in [0.2, 0.25) is 0 Å². The lowest BCUT2D eigenvalue weighted by molar-refractivity contribution is 0.751. The maximum Gasteiger partial charge on any atom is 0.109 e. The summed E-state index contributed by atoms with van der Waals surface area (Å²) < 4.78 is 2.26. The molecular formula is C13H14ClN. The van der Waals surface area contributed by atoms with Crippen LogP contribution < -0.4 is 0 Å². The molecule has 0 N–H and O–H groups in total. The lowest BCUT2D eigenvalue weighted by Gasteiger charge is -2.09. The summed E-state index contributed by atoms with van der Waals surface area (Å²) in [4.78, 5) is 0. The highest BCUT2D eigenvalue weighted by Crippen LogP contribution is 2.34. The third-order valence-corrected chi connectivity index (χ3v) is 3.63. The smallest absolute Gasteiger partial charge is 0.109 e. The SMILES string of the molecule is Clc1cc(C2=CC=CCC2)c2n1CCC2. The molecule has 2 aliphatic rings. The molecule has 1 aliphatic carbocycles. The Morgan fingerprint density at radius 1 is 1.27 bits per heavy atom. The molecule has 0 atom stereocenters. The van der Waals surface area contributed by atoms with Gasteiger partial charge in [0.15, 0.2) is 0 Å². The van der Waals surface area contributed by atoms with Gasteiger partial charge in [0, 0.05) is 17.8 Å². The van der Waals surface area contributed by atoms with Gasteiger partial charge >= 0.3 is 0 Å². The third kappa shape index (κ3) is 1.46. The summed E-state index contributed by atoms with van der Waals surface area (Å²) in [5.41, 5.74) is 4.29. The van der Waals surface area contributed by atoms with E-state index in [1.807, 2.05) is 0 Å². The number of halogens is 1. The van der Waals surface area contributed by atoms with Crippen molar-refractivity contribution in [1.82, 2.24) is 4.57 Å². The van der Waals surface area contributed by atoms with Gasteiger partial charge in [-0.15, -0.1) is 0 Å². The molecule has 3 rings (SSSR count).